The van der Waals surface area contributed by atoms with E-state index in [2.05, 4.69) is 15.6 Å². The van der Waals surface area contributed by atoms with Gasteiger partial charge in [0, 0.05) is 26.7 Å². The number of hydrogen-bond acceptors (Lipinski definition) is 3. The number of aliphatic imine (C=N–C) groups is 1. The summed E-state index contributed by atoms with van der Waals surface area (Å²) in [6.45, 7) is 3.04. The van der Waals surface area contributed by atoms with Crippen LogP contribution in [0, 0.1) is 5.82 Å². The van der Waals surface area contributed by atoms with Gasteiger partial charge in [-0.1, -0.05) is 6.07 Å². The van der Waals surface area contributed by atoms with Crippen LogP contribution in [0.15, 0.2) is 23.2 Å². The van der Waals surface area contributed by atoms with E-state index in [4.69, 9.17) is 9.47 Å². The predicted molar refractivity (Wildman–Crippen MR) is 77.6 cm³/mol. The second kappa shape index (κ2) is 8.37. The average molecular weight is 283 g/mol. The Hall–Kier alpha value is -1.82. The first-order valence-electron chi connectivity index (χ1n) is 6.39. The summed E-state index contributed by atoms with van der Waals surface area (Å²) in [6, 6.07) is 4.99. The molecule has 2 N–H and O–H groups in total. The molecule has 0 spiro atoms. The fraction of sp³-hybridized carbons (Fsp3) is 0.500. The molecule has 0 aliphatic heterocycles. The number of nitrogens with one attached hydrogen (secondary N) is 2. The van der Waals surface area contributed by atoms with Gasteiger partial charge in [0.25, 0.3) is 0 Å². The monoisotopic (exact) mass is 283 g/mol. The van der Waals surface area contributed by atoms with E-state index in [1.807, 2.05) is 6.92 Å². The fourth-order valence-corrected chi connectivity index (χ4v) is 1.73. The van der Waals surface area contributed by atoms with Crippen molar-refractivity contribution in [3.8, 4) is 5.75 Å². The Bertz CT molecular complexity index is 452. The van der Waals surface area contributed by atoms with E-state index in [1.54, 1.807) is 26.3 Å². The van der Waals surface area contributed by atoms with Crippen molar-refractivity contribution < 1.29 is 13.9 Å². The lowest BCUT2D eigenvalue weighted by Gasteiger charge is -2.17. The zero-order valence-electron chi connectivity index (χ0n) is 12.4. The highest BCUT2D eigenvalue weighted by atomic mass is 19.1. The number of guanidine groups is 1. The molecule has 0 aliphatic carbocycles. The van der Waals surface area contributed by atoms with Gasteiger partial charge >= 0.3 is 0 Å². The zero-order valence-corrected chi connectivity index (χ0v) is 12.4. The number of benzene rings is 1. The van der Waals surface area contributed by atoms with Gasteiger partial charge in [0.15, 0.2) is 17.5 Å². The zero-order chi connectivity index (χ0) is 15.0. The number of hydrogen-bond donors (Lipinski definition) is 2. The first-order chi connectivity index (χ1) is 9.60. The summed E-state index contributed by atoms with van der Waals surface area (Å²) in [5, 5.41) is 6.29. The molecule has 0 fully saturated rings. The van der Waals surface area contributed by atoms with Crippen LogP contribution in [0.3, 0.4) is 0 Å². The molecule has 0 saturated carbocycles. The molecule has 5 nitrogen and oxygen atoms in total. The molecule has 0 heterocycles. The normalized spacial score (nSPS) is 12.9. The van der Waals surface area contributed by atoms with Crippen LogP contribution in [0.2, 0.25) is 0 Å². The van der Waals surface area contributed by atoms with Crippen LogP contribution in [0.5, 0.6) is 5.75 Å². The molecule has 0 saturated heterocycles. The third-order valence-corrected chi connectivity index (χ3v) is 2.70. The number of methoxy groups -OCH3 is 2. The third-order valence-electron chi connectivity index (χ3n) is 2.70. The second-order valence-electron chi connectivity index (χ2n) is 4.40. The molecule has 1 unspecified atom stereocenters. The van der Waals surface area contributed by atoms with Crippen molar-refractivity contribution in [3.63, 3.8) is 0 Å². The lowest BCUT2D eigenvalue weighted by molar-refractivity contribution is 0.179. The van der Waals surface area contributed by atoms with Gasteiger partial charge in [-0.2, -0.15) is 0 Å². The van der Waals surface area contributed by atoms with Gasteiger partial charge < -0.3 is 20.1 Å². The van der Waals surface area contributed by atoms with E-state index in [1.165, 1.54) is 13.2 Å². The Kier molecular flexibility index (Phi) is 6.79. The molecular weight excluding hydrogens is 261 g/mol. The van der Waals surface area contributed by atoms with E-state index >= 15 is 0 Å². The average Bonchev–Trinajstić information content (AvgIpc) is 2.43. The van der Waals surface area contributed by atoms with Gasteiger partial charge in [0.2, 0.25) is 0 Å². The van der Waals surface area contributed by atoms with Crippen LogP contribution >= 0.6 is 0 Å². The first-order valence-corrected chi connectivity index (χ1v) is 6.39. The molecule has 0 aliphatic rings. The smallest absolute Gasteiger partial charge is 0.191 e. The van der Waals surface area contributed by atoms with Gasteiger partial charge in [0.05, 0.1) is 13.7 Å². The molecule has 1 aromatic carbocycles. The number of rotatable bonds is 6. The SMILES string of the molecule is CN=C(NCc1ccc(OC)c(F)c1)NC(C)COC. The molecule has 6 heteroatoms. The molecule has 1 atom stereocenters. The highest BCUT2D eigenvalue weighted by molar-refractivity contribution is 5.79. The quantitative estimate of drug-likeness (QED) is 0.614. The van der Waals surface area contributed by atoms with Crippen LogP contribution in [0.1, 0.15) is 12.5 Å². The molecule has 1 rings (SSSR count). The fourth-order valence-electron chi connectivity index (χ4n) is 1.73. The molecular formula is C14H22FN3O2. The van der Waals surface area contributed by atoms with Crippen molar-refractivity contribution in [2.45, 2.75) is 19.5 Å². The van der Waals surface area contributed by atoms with Crippen molar-refractivity contribution in [2.75, 3.05) is 27.9 Å². The summed E-state index contributed by atoms with van der Waals surface area (Å²) < 4.78 is 23.5. The second-order valence-corrected chi connectivity index (χ2v) is 4.40. The van der Waals surface area contributed by atoms with Crippen molar-refractivity contribution in [3.05, 3.63) is 29.6 Å². The van der Waals surface area contributed by atoms with Crippen LogP contribution in [0.25, 0.3) is 0 Å². The van der Waals surface area contributed by atoms with Crippen LogP contribution < -0.4 is 15.4 Å². The summed E-state index contributed by atoms with van der Waals surface area (Å²) in [4.78, 5) is 4.10. The van der Waals surface area contributed by atoms with Crippen molar-refractivity contribution in [1.82, 2.24) is 10.6 Å². The van der Waals surface area contributed by atoms with Crippen molar-refractivity contribution in [1.29, 1.82) is 0 Å². The summed E-state index contributed by atoms with van der Waals surface area (Å²) >= 11 is 0. The maximum absolute atomic E-state index is 13.6. The standard InChI is InChI=1S/C14H22FN3O2/c1-10(9-19-3)18-14(16-2)17-8-11-5-6-13(20-4)12(15)7-11/h5-7,10H,8-9H2,1-4H3,(H2,16,17,18). The summed E-state index contributed by atoms with van der Waals surface area (Å²) in [7, 11) is 4.78. The minimum Gasteiger partial charge on any atom is -0.494 e. The van der Waals surface area contributed by atoms with E-state index < -0.39 is 0 Å². The number of ether oxygens (including phenoxy) is 2. The maximum atomic E-state index is 13.6. The first kappa shape index (κ1) is 16.2. The largest absolute Gasteiger partial charge is 0.494 e. The van der Waals surface area contributed by atoms with Crippen LogP contribution in [-0.4, -0.2) is 39.9 Å². The maximum Gasteiger partial charge on any atom is 0.191 e. The Labute approximate surface area is 119 Å². The van der Waals surface area contributed by atoms with Crippen LogP contribution in [-0.2, 0) is 11.3 Å². The Morgan fingerprint density at radius 3 is 2.70 bits per heavy atom. The summed E-state index contributed by atoms with van der Waals surface area (Å²) in [5.74, 6) is 0.512. The number of halogens is 1. The van der Waals surface area contributed by atoms with Gasteiger partial charge in [-0.3, -0.25) is 4.99 Å². The molecule has 0 bridgehead atoms. The Morgan fingerprint density at radius 1 is 1.40 bits per heavy atom. The van der Waals surface area contributed by atoms with E-state index in [9.17, 15) is 4.39 Å². The minimum atomic E-state index is -0.373. The minimum absolute atomic E-state index is 0.138. The lowest BCUT2D eigenvalue weighted by atomic mass is 10.2. The van der Waals surface area contributed by atoms with Gasteiger partial charge in [-0.25, -0.2) is 4.39 Å². The third kappa shape index (κ3) is 5.05. The lowest BCUT2D eigenvalue weighted by Crippen LogP contribution is -2.43. The van der Waals surface area contributed by atoms with Gasteiger partial charge in [-0.05, 0) is 24.6 Å². The van der Waals surface area contributed by atoms with E-state index in [-0.39, 0.29) is 17.6 Å². The van der Waals surface area contributed by atoms with Crippen molar-refractivity contribution in [2.24, 2.45) is 4.99 Å². The molecule has 112 valence electrons. The molecule has 0 amide bonds. The van der Waals surface area contributed by atoms with Gasteiger partial charge in [-0.15, -0.1) is 0 Å². The van der Waals surface area contributed by atoms with Crippen molar-refractivity contribution >= 4 is 5.96 Å². The van der Waals surface area contributed by atoms with Gasteiger partial charge in [0.1, 0.15) is 0 Å². The highest BCUT2D eigenvalue weighted by Crippen LogP contribution is 2.17. The summed E-state index contributed by atoms with van der Waals surface area (Å²) in [6.07, 6.45) is 0. The Morgan fingerprint density at radius 2 is 2.15 bits per heavy atom. The highest BCUT2D eigenvalue weighted by Gasteiger charge is 2.06. The van der Waals surface area contributed by atoms with E-state index in [0.29, 0.717) is 19.1 Å². The van der Waals surface area contributed by atoms with E-state index in [0.717, 1.165) is 5.56 Å². The van der Waals surface area contributed by atoms with Crippen LogP contribution in [0.4, 0.5) is 4.39 Å². The summed E-state index contributed by atoms with van der Waals surface area (Å²) in [5.41, 5.74) is 0.811. The number of nitrogens with zero attached hydrogens (tertiary/aromatic N) is 1. The predicted octanol–water partition coefficient (Wildman–Crippen LogP) is 1.53. The molecule has 0 radical (unpaired) electrons. The Balaban J connectivity index is 2.54. The topological polar surface area (TPSA) is 54.9 Å². The molecule has 20 heavy (non-hydrogen) atoms. The molecule has 0 aromatic heterocycles. The molecule has 1 aromatic rings.